The van der Waals surface area contributed by atoms with Gasteiger partial charge in [-0.25, -0.2) is 8.42 Å². The predicted octanol–water partition coefficient (Wildman–Crippen LogP) is 3.17. The van der Waals surface area contributed by atoms with E-state index in [2.05, 4.69) is 5.10 Å². The van der Waals surface area contributed by atoms with Crippen LogP contribution in [-0.2, 0) is 10.0 Å². The van der Waals surface area contributed by atoms with Crippen molar-refractivity contribution in [3.05, 3.63) is 57.8 Å². The fourth-order valence-electron chi connectivity index (χ4n) is 2.42. The van der Waals surface area contributed by atoms with Gasteiger partial charge in [-0.05, 0) is 23.9 Å². The Balaban J connectivity index is 2.00. The number of hydrogen-bond acceptors (Lipinski definition) is 4. The van der Waals surface area contributed by atoms with Crippen LogP contribution in [-0.4, -0.2) is 24.8 Å². The summed E-state index contributed by atoms with van der Waals surface area (Å²) in [6.07, 6.45) is 1.81. The third kappa shape index (κ3) is 2.87. The van der Waals surface area contributed by atoms with E-state index in [1.165, 1.54) is 10.7 Å². The van der Waals surface area contributed by atoms with Gasteiger partial charge in [0.25, 0.3) is 0 Å². The predicted molar refractivity (Wildman–Crippen MR) is 86.1 cm³/mol. The molecule has 0 fully saturated rings. The van der Waals surface area contributed by atoms with Crippen LogP contribution in [0.25, 0.3) is 0 Å². The summed E-state index contributed by atoms with van der Waals surface area (Å²) in [6.45, 7) is 2.01. The lowest BCUT2D eigenvalue weighted by Gasteiger charge is -2.21. The van der Waals surface area contributed by atoms with E-state index in [4.69, 9.17) is 0 Å². The zero-order valence-electron chi connectivity index (χ0n) is 11.9. The Labute approximate surface area is 128 Å². The van der Waals surface area contributed by atoms with Crippen molar-refractivity contribution in [3.63, 3.8) is 0 Å². The minimum absolute atomic E-state index is 0.252. The van der Waals surface area contributed by atoms with Gasteiger partial charge in [0.1, 0.15) is 0 Å². The Bertz CT molecular complexity index is 763. The Hall–Kier alpha value is -1.66. The first-order valence-electron chi connectivity index (χ1n) is 6.62. The number of benzene rings is 1. The van der Waals surface area contributed by atoms with Crippen molar-refractivity contribution in [2.45, 2.75) is 19.4 Å². The van der Waals surface area contributed by atoms with Gasteiger partial charge in [0.05, 0.1) is 22.9 Å². The van der Waals surface area contributed by atoms with Crippen LogP contribution >= 0.6 is 11.3 Å². The standard InChI is InChI=1S/C15H16N2O2S2/c1-11-5-7-12(8-6-11)14-10-13(15-4-3-9-20-15)16-17(14)21(2,18)19/h3-9,14H,10H2,1-2H3. The molecule has 1 unspecified atom stereocenters. The lowest BCUT2D eigenvalue weighted by atomic mass is 10.0. The Morgan fingerprint density at radius 1 is 1.24 bits per heavy atom. The Morgan fingerprint density at radius 2 is 1.95 bits per heavy atom. The van der Waals surface area contributed by atoms with Gasteiger partial charge in [0, 0.05) is 6.42 Å². The average Bonchev–Trinajstić information content (AvgIpc) is 3.07. The smallest absolute Gasteiger partial charge is 0.205 e. The third-order valence-electron chi connectivity index (χ3n) is 3.48. The van der Waals surface area contributed by atoms with Crippen LogP contribution in [0.4, 0.5) is 0 Å². The lowest BCUT2D eigenvalue weighted by Crippen LogP contribution is -2.25. The van der Waals surface area contributed by atoms with Crippen LogP contribution in [0, 0.1) is 6.92 Å². The van der Waals surface area contributed by atoms with E-state index >= 15 is 0 Å². The van der Waals surface area contributed by atoms with E-state index in [0.29, 0.717) is 6.42 Å². The van der Waals surface area contributed by atoms with E-state index < -0.39 is 10.0 Å². The van der Waals surface area contributed by atoms with E-state index in [1.54, 1.807) is 11.3 Å². The molecule has 1 aromatic heterocycles. The summed E-state index contributed by atoms with van der Waals surface area (Å²) in [5, 5.41) is 6.33. The quantitative estimate of drug-likeness (QED) is 0.872. The highest BCUT2D eigenvalue weighted by molar-refractivity contribution is 7.88. The maximum Gasteiger partial charge on any atom is 0.247 e. The maximum absolute atomic E-state index is 12.0. The summed E-state index contributed by atoms with van der Waals surface area (Å²) >= 11 is 1.58. The molecule has 0 N–H and O–H groups in total. The van der Waals surface area contributed by atoms with Gasteiger partial charge in [-0.1, -0.05) is 35.9 Å². The van der Waals surface area contributed by atoms with Gasteiger partial charge in [-0.2, -0.15) is 9.52 Å². The molecule has 1 aromatic carbocycles. The topological polar surface area (TPSA) is 49.7 Å². The van der Waals surface area contributed by atoms with E-state index in [-0.39, 0.29) is 6.04 Å². The first-order valence-corrected chi connectivity index (χ1v) is 9.35. The van der Waals surface area contributed by atoms with Crippen molar-refractivity contribution in [1.29, 1.82) is 0 Å². The highest BCUT2D eigenvalue weighted by Gasteiger charge is 2.34. The molecule has 0 aliphatic carbocycles. The summed E-state index contributed by atoms with van der Waals surface area (Å²) in [6, 6.07) is 11.6. The van der Waals surface area contributed by atoms with Crippen molar-refractivity contribution in [2.75, 3.05) is 6.26 Å². The van der Waals surface area contributed by atoms with E-state index in [1.807, 2.05) is 48.7 Å². The largest absolute Gasteiger partial charge is 0.247 e. The van der Waals surface area contributed by atoms with Crippen molar-refractivity contribution < 1.29 is 8.42 Å². The number of rotatable bonds is 3. The van der Waals surface area contributed by atoms with Gasteiger partial charge >= 0.3 is 0 Å². The molecular weight excluding hydrogens is 304 g/mol. The fraction of sp³-hybridized carbons (Fsp3) is 0.267. The SMILES string of the molecule is Cc1ccc(C2CC(c3cccs3)=NN2S(C)(=O)=O)cc1. The molecule has 0 saturated heterocycles. The molecular formula is C15H16N2O2S2. The molecule has 4 nitrogen and oxygen atoms in total. The molecule has 0 saturated carbocycles. The van der Waals surface area contributed by atoms with Crippen LogP contribution < -0.4 is 0 Å². The van der Waals surface area contributed by atoms with Crippen molar-refractivity contribution in [2.24, 2.45) is 5.10 Å². The second-order valence-electron chi connectivity index (χ2n) is 5.19. The molecule has 0 amide bonds. The molecule has 2 aromatic rings. The van der Waals surface area contributed by atoms with E-state index in [0.717, 1.165) is 21.7 Å². The normalized spacial score (nSPS) is 18.9. The molecule has 0 radical (unpaired) electrons. The molecule has 2 heterocycles. The zero-order chi connectivity index (χ0) is 15.0. The van der Waals surface area contributed by atoms with Gasteiger partial charge in [-0.3, -0.25) is 0 Å². The number of hydrogen-bond donors (Lipinski definition) is 0. The van der Waals surface area contributed by atoms with Gasteiger partial charge in [-0.15, -0.1) is 11.3 Å². The van der Waals surface area contributed by atoms with Crippen LogP contribution in [0.3, 0.4) is 0 Å². The summed E-state index contributed by atoms with van der Waals surface area (Å²) in [5.41, 5.74) is 2.96. The lowest BCUT2D eigenvalue weighted by molar-refractivity contribution is 0.375. The molecule has 0 bridgehead atoms. The first kappa shape index (κ1) is 14.3. The van der Waals surface area contributed by atoms with Gasteiger partial charge in [0.2, 0.25) is 10.0 Å². The second kappa shape index (κ2) is 5.27. The Kier molecular flexibility index (Phi) is 3.59. The number of nitrogens with zero attached hydrogens (tertiary/aromatic N) is 2. The molecule has 0 spiro atoms. The fourth-order valence-corrected chi connectivity index (χ4v) is 4.05. The van der Waals surface area contributed by atoms with E-state index in [9.17, 15) is 8.42 Å². The van der Waals surface area contributed by atoms with Crippen LogP contribution in [0.2, 0.25) is 0 Å². The highest BCUT2D eigenvalue weighted by atomic mass is 32.2. The number of hydrazone groups is 1. The molecule has 110 valence electrons. The molecule has 1 aliphatic rings. The number of aryl methyl sites for hydroxylation is 1. The van der Waals surface area contributed by atoms with Crippen LogP contribution in [0.1, 0.15) is 28.5 Å². The molecule has 21 heavy (non-hydrogen) atoms. The number of thiophene rings is 1. The molecule has 1 atom stereocenters. The van der Waals surface area contributed by atoms with Crippen molar-refractivity contribution in [3.8, 4) is 0 Å². The zero-order valence-corrected chi connectivity index (χ0v) is 13.5. The van der Waals surface area contributed by atoms with Crippen LogP contribution in [0.5, 0.6) is 0 Å². The summed E-state index contributed by atoms with van der Waals surface area (Å²) in [5.74, 6) is 0. The Morgan fingerprint density at radius 3 is 2.52 bits per heavy atom. The molecule has 1 aliphatic heterocycles. The first-order chi connectivity index (χ1) is 9.95. The minimum Gasteiger partial charge on any atom is -0.205 e. The monoisotopic (exact) mass is 320 g/mol. The van der Waals surface area contributed by atoms with Crippen molar-refractivity contribution in [1.82, 2.24) is 4.41 Å². The average molecular weight is 320 g/mol. The summed E-state index contributed by atoms with van der Waals surface area (Å²) in [7, 11) is -3.38. The summed E-state index contributed by atoms with van der Waals surface area (Å²) < 4.78 is 25.3. The second-order valence-corrected chi connectivity index (χ2v) is 7.98. The molecule has 3 rings (SSSR count). The highest BCUT2D eigenvalue weighted by Crippen LogP contribution is 2.35. The van der Waals surface area contributed by atoms with Gasteiger partial charge in [0.15, 0.2) is 0 Å². The molecule has 6 heteroatoms. The maximum atomic E-state index is 12.0. The summed E-state index contributed by atoms with van der Waals surface area (Å²) in [4.78, 5) is 1.03. The van der Waals surface area contributed by atoms with Gasteiger partial charge < -0.3 is 0 Å². The van der Waals surface area contributed by atoms with Crippen LogP contribution in [0.15, 0.2) is 46.9 Å². The minimum atomic E-state index is -3.38. The van der Waals surface area contributed by atoms with Crippen molar-refractivity contribution >= 4 is 27.1 Å². The third-order valence-corrected chi connectivity index (χ3v) is 5.41. The number of sulfonamides is 1.